The summed E-state index contributed by atoms with van der Waals surface area (Å²) in [6, 6.07) is -0.581. The summed E-state index contributed by atoms with van der Waals surface area (Å²) < 4.78 is 5.18. The topological polar surface area (TPSA) is 105 Å². The highest BCUT2D eigenvalue weighted by atomic mass is 16.6. The molecule has 0 aliphatic carbocycles. The molecule has 0 aromatic carbocycles. The van der Waals surface area contributed by atoms with E-state index in [0.717, 1.165) is 19.4 Å². The molecule has 0 aliphatic heterocycles. The van der Waals surface area contributed by atoms with Gasteiger partial charge in [-0.15, -0.1) is 0 Å². The predicted octanol–water partition coefficient (Wildman–Crippen LogP) is -0.231. The van der Waals surface area contributed by atoms with E-state index in [-0.39, 0.29) is 12.6 Å². The number of hydrogen-bond donors (Lipinski definition) is 4. The molecule has 0 rings (SSSR count). The van der Waals surface area contributed by atoms with Gasteiger partial charge in [-0.05, 0) is 40.2 Å². The van der Waals surface area contributed by atoms with Crippen LogP contribution in [0.4, 0.5) is 0 Å². The first-order valence-corrected chi connectivity index (χ1v) is 6.74. The van der Waals surface area contributed by atoms with Crippen molar-refractivity contribution in [1.82, 2.24) is 5.32 Å². The molecule has 0 bridgehead atoms. The molecule has 2 unspecified atom stereocenters. The third-order valence-corrected chi connectivity index (χ3v) is 2.42. The third-order valence-electron chi connectivity index (χ3n) is 2.42. The van der Waals surface area contributed by atoms with Gasteiger partial charge in [-0.3, -0.25) is 4.79 Å². The molecule has 2 atom stereocenters. The fourth-order valence-corrected chi connectivity index (χ4v) is 1.44. The van der Waals surface area contributed by atoms with Gasteiger partial charge in [0, 0.05) is 6.54 Å². The minimum Gasteiger partial charge on any atom is -0.459 e. The van der Waals surface area contributed by atoms with Gasteiger partial charge in [-0.1, -0.05) is 6.42 Å². The average molecular weight is 276 g/mol. The summed E-state index contributed by atoms with van der Waals surface area (Å²) in [6.45, 7) is 6.29. The molecule has 0 spiro atoms. The minimum absolute atomic E-state index is 0.240. The number of aliphatic hydroxyl groups is 2. The molecular weight excluding hydrogens is 248 g/mol. The van der Waals surface area contributed by atoms with Crippen molar-refractivity contribution in [3.8, 4) is 0 Å². The second-order valence-electron chi connectivity index (χ2n) is 5.68. The van der Waals surface area contributed by atoms with E-state index in [9.17, 15) is 4.79 Å². The number of hydrogen-bond acceptors (Lipinski definition) is 6. The van der Waals surface area contributed by atoms with Gasteiger partial charge in [0.2, 0.25) is 0 Å². The SMILES string of the molecule is CC(C)(C)OC(=O)C(N)CCCCNCC(O)CO. The van der Waals surface area contributed by atoms with Crippen molar-refractivity contribution < 1.29 is 19.7 Å². The predicted molar refractivity (Wildman–Crippen MR) is 73.6 cm³/mol. The monoisotopic (exact) mass is 276 g/mol. The van der Waals surface area contributed by atoms with Gasteiger partial charge in [-0.2, -0.15) is 0 Å². The van der Waals surface area contributed by atoms with Crippen molar-refractivity contribution in [3.05, 3.63) is 0 Å². The molecule has 6 nitrogen and oxygen atoms in total. The first-order valence-electron chi connectivity index (χ1n) is 6.74. The molecule has 0 heterocycles. The van der Waals surface area contributed by atoms with Crippen LogP contribution in [0.3, 0.4) is 0 Å². The van der Waals surface area contributed by atoms with E-state index >= 15 is 0 Å². The molecule has 0 fully saturated rings. The molecular formula is C13H28N2O4. The number of nitrogens with two attached hydrogens (primary N) is 1. The summed E-state index contributed by atoms with van der Waals surface area (Å²) in [4.78, 5) is 11.6. The maximum Gasteiger partial charge on any atom is 0.323 e. The Bertz CT molecular complexity index is 254. The fourth-order valence-electron chi connectivity index (χ4n) is 1.44. The highest BCUT2D eigenvalue weighted by molar-refractivity contribution is 5.75. The molecule has 0 amide bonds. The van der Waals surface area contributed by atoms with Crippen LogP contribution in [0.25, 0.3) is 0 Å². The summed E-state index contributed by atoms with van der Waals surface area (Å²) in [6.07, 6.45) is 1.53. The molecule has 0 aliphatic rings. The number of aliphatic hydroxyl groups excluding tert-OH is 2. The molecule has 0 saturated carbocycles. The number of carbonyl (C=O) groups excluding carboxylic acids is 1. The first kappa shape index (κ1) is 18.3. The third kappa shape index (κ3) is 10.9. The van der Waals surface area contributed by atoms with Crippen molar-refractivity contribution in [1.29, 1.82) is 0 Å². The van der Waals surface area contributed by atoms with Crippen molar-refractivity contribution in [3.63, 3.8) is 0 Å². The second-order valence-corrected chi connectivity index (χ2v) is 5.68. The van der Waals surface area contributed by atoms with Gasteiger partial charge >= 0.3 is 5.97 Å². The van der Waals surface area contributed by atoms with E-state index in [4.69, 9.17) is 20.7 Å². The van der Waals surface area contributed by atoms with E-state index in [1.54, 1.807) is 0 Å². The highest BCUT2D eigenvalue weighted by Gasteiger charge is 2.21. The Balaban J connectivity index is 3.58. The van der Waals surface area contributed by atoms with Crippen molar-refractivity contribution >= 4 is 5.97 Å². The van der Waals surface area contributed by atoms with Crippen molar-refractivity contribution in [2.45, 2.75) is 57.8 Å². The molecule has 6 heteroatoms. The molecule has 0 aromatic rings. The lowest BCUT2D eigenvalue weighted by Gasteiger charge is -2.22. The quantitative estimate of drug-likeness (QED) is 0.342. The van der Waals surface area contributed by atoms with Crippen LogP contribution in [-0.2, 0) is 9.53 Å². The van der Waals surface area contributed by atoms with E-state index in [2.05, 4.69) is 5.32 Å². The van der Waals surface area contributed by atoms with Gasteiger partial charge in [0.25, 0.3) is 0 Å². The van der Waals surface area contributed by atoms with E-state index in [1.165, 1.54) is 0 Å². The minimum atomic E-state index is -0.718. The van der Waals surface area contributed by atoms with Crippen molar-refractivity contribution in [2.75, 3.05) is 19.7 Å². The summed E-state index contributed by atoms with van der Waals surface area (Å²) in [5, 5.41) is 20.7. The van der Waals surface area contributed by atoms with E-state index in [0.29, 0.717) is 13.0 Å². The Kier molecular flexibility index (Phi) is 8.92. The number of esters is 1. The van der Waals surface area contributed by atoms with Crippen LogP contribution in [0.15, 0.2) is 0 Å². The van der Waals surface area contributed by atoms with E-state index < -0.39 is 17.7 Å². The Hall–Kier alpha value is -0.690. The van der Waals surface area contributed by atoms with Gasteiger partial charge in [0.15, 0.2) is 0 Å². The van der Waals surface area contributed by atoms with Crippen LogP contribution in [-0.4, -0.2) is 53.6 Å². The highest BCUT2D eigenvalue weighted by Crippen LogP contribution is 2.10. The molecule has 114 valence electrons. The Morgan fingerprint density at radius 2 is 2.00 bits per heavy atom. The van der Waals surface area contributed by atoms with Crippen LogP contribution in [0.1, 0.15) is 40.0 Å². The average Bonchev–Trinajstić information content (AvgIpc) is 2.30. The molecule has 0 aromatic heterocycles. The molecule has 19 heavy (non-hydrogen) atoms. The maximum atomic E-state index is 11.6. The number of ether oxygens (including phenoxy) is 1. The standard InChI is InChI=1S/C13H28N2O4/c1-13(2,3)19-12(18)11(14)6-4-5-7-15-8-10(17)9-16/h10-11,15-17H,4-9,14H2,1-3H3. The van der Waals surface area contributed by atoms with Crippen LogP contribution < -0.4 is 11.1 Å². The zero-order valence-electron chi connectivity index (χ0n) is 12.2. The first-order chi connectivity index (χ1) is 8.76. The maximum absolute atomic E-state index is 11.6. The number of carbonyl (C=O) groups is 1. The molecule has 0 saturated heterocycles. The zero-order chi connectivity index (χ0) is 14.9. The summed E-state index contributed by atoms with van der Waals surface area (Å²) >= 11 is 0. The van der Waals surface area contributed by atoms with Gasteiger partial charge in [-0.25, -0.2) is 0 Å². The summed E-state index contributed by atoms with van der Waals surface area (Å²) in [5.41, 5.74) is 5.24. The number of nitrogens with one attached hydrogen (secondary N) is 1. The number of rotatable bonds is 9. The van der Waals surface area contributed by atoms with Gasteiger partial charge in [0.1, 0.15) is 11.6 Å². The van der Waals surface area contributed by atoms with Gasteiger partial charge in [0.05, 0.1) is 12.7 Å². The summed E-state index contributed by atoms with van der Waals surface area (Å²) in [5.74, 6) is -0.365. The lowest BCUT2D eigenvalue weighted by Crippen LogP contribution is -2.37. The van der Waals surface area contributed by atoms with E-state index in [1.807, 2.05) is 20.8 Å². The summed E-state index contributed by atoms with van der Waals surface area (Å²) in [7, 11) is 0. The van der Waals surface area contributed by atoms with Crippen LogP contribution in [0.2, 0.25) is 0 Å². The Morgan fingerprint density at radius 3 is 2.53 bits per heavy atom. The normalized spacial score (nSPS) is 15.1. The lowest BCUT2D eigenvalue weighted by atomic mass is 10.1. The Labute approximate surface area is 115 Å². The smallest absolute Gasteiger partial charge is 0.323 e. The fraction of sp³-hybridized carbons (Fsp3) is 0.923. The second kappa shape index (κ2) is 9.25. The molecule has 5 N–H and O–H groups in total. The molecule has 0 radical (unpaired) electrons. The largest absolute Gasteiger partial charge is 0.459 e. The van der Waals surface area contributed by atoms with Crippen LogP contribution >= 0.6 is 0 Å². The van der Waals surface area contributed by atoms with Crippen LogP contribution in [0.5, 0.6) is 0 Å². The van der Waals surface area contributed by atoms with Crippen LogP contribution in [0, 0.1) is 0 Å². The number of unbranched alkanes of at least 4 members (excludes halogenated alkanes) is 1. The lowest BCUT2D eigenvalue weighted by molar-refractivity contribution is -0.156. The van der Waals surface area contributed by atoms with Gasteiger partial charge < -0.3 is 26.0 Å². The Morgan fingerprint density at radius 1 is 1.37 bits per heavy atom. The van der Waals surface area contributed by atoms with Crippen molar-refractivity contribution in [2.24, 2.45) is 5.73 Å². The zero-order valence-corrected chi connectivity index (χ0v) is 12.2.